The van der Waals surface area contributed by atoms with Gasteiger partial charge in [0.1, 0.15) is 5.82 Å². The molecule has 3 nitrogen and oxygen atoms in total. The lowest BCUT2D eigenvalue weighted by atomic mass is 10.2. The first-order valence-corrected chi connectivity index (χ1v) is 5.77. The van der Waals surface area contributed by atoms with Crippen molar-refractivity contribution in [1.29, 1.82) is 5.26 Å². The first-order chi connectivity index (χ1) is 7.62. The van der Waals surface area contributed by atoms with Crippen LogP contribution in [0.4, 0.5) is 5.82 Å². The molecule has 0 spiro atoms. The Morgan fingerprint density at radius 1 is 1.44 bits per heavy atom. The van der Waals surface area contributed by atoms with Gasteiger partial charge in [-0.1, -0.05) is 6.92 Å². The van der Waals surface area contributed by atoms with Gasteiger partial charge in [0.25, 0.3) is 0 Å². The summed E-state index contributed by atoms with van der Waals surface area (Å²) in [4.78, 5) is 6.73. The van der Waals surface area contributed by atoms with Gasteiger partial charge in [0.2, 0.25) is 0 Å². The molecule has 0 fully saturated rings. The normalized spacial score (nSPS) is 11.9. The van der Waals surface area contributed by atoms with Gasteiger partial charge in [-0.2, -0.15) is 5.26 Å². The van der Waals surface area contributed by atoms with Crippen LogP contribution in [0.15, 0.2) is 12.1 Å². The van der Waals surface area contributed by atoms with E-state index in [1.165, 1.54) is 0 Å². The van der Waals surface area contributed by atoms with Crippen molar-refractivity contribution in [3.05, 3.63) is 23.4 Å². The van der Waals surface area contributed by atoms with Gasteiger partial charge in [0.15, 0.2) is 0 Å². The van der Waals surface area contributed by atoms with Crippen LogP contribution in [0.3, 0.4) is 0 Å². The summed E-state index contributed by atoms with van der Waals surface area (Å²) in [7, 11) is 0. The zero-order chi connectivity index (χ0) is 12.1. The summed E-state index contributed by atoms with van der Waals surface area (Å²) in [5, 5.41) is 8.94. The third-order valence-corrected chi connectivity index (χ3v) is 2.83. The molecule has 1 atom stereocenters. The van der Waals surface area contributed by atoms with Crippen LogP contribution in [0.1, 0.15) is 38.4 Å². The maximum Gasteiger partial charge on any atom is 0.130 e. The Hall–Kier alpha value is -1.56. The predicted octanol–water partition coefficient (Wildman–Crippen LogP) is 2.89. The van der Waals surface area contributed by atoms with Gasteiger partial charge in [-0.3, -0.25) is 0 Å². The molecule has 1 aromatic heterocycles. The molecule has 0 saturated carbocycles. The molecule has 1 aromatic rings. The van der Waals surface area contributed by atoms with Gasteiger partial charge in [-0.15, -0.1) is 0 Å². The summed E-state index contributed by atoms with van der Waals surface area (Å²) < 4.78 is 0. The van der Waals surface area contributed by atoms with Crippen molar-refractivity contribution in [2.45, 2.75) is 40.2 Å². The Bertz CT molecular complexity index is 393. The van der Waals surface area contributed by atoms with Crippen LogP contribution in [-0.2, 0) is 0 Å². The van der Waals surface area contributed by atoms with E-state index in [4.69, 9.17) is 5.26 Å². The topological polar surface area (TPSA) is 39.9 Å². The first kappa shape index (κ1) is 12.5. The third-order valence-electron chi connectivity index (χ3n) is 2.83. The number of nitriles is 1. The molecule has 1 unspecified atom stereocenters. The molecule has 0 aliphatic rings. The number of anilines is 1. The van der Waals surface area contributed by atoms with Crippen LogP contribution in [-0.4, -0.2) is 17.6 Å². The number of nitrogens with zero attached hydrogens (tertiary/aromatic N) is 3. The lowest BCUT2D eigenvalue weighted by Gasteiger charge is -2.28. The first-order valence-electron chi connectivity index (χ1n) is 5.77. The van der Waals surface area contributed by atoms with E-state index in [-0.39, 0.29) is 0 Å². The van der Waals surface area contributed by atoms with E-state index < -0.39 is 0 Å². The summed E-state index contributed by atoms with van der Waals surface area (Å²) in [5.74, 6) is 0.911. The van der Waals surface area contributed by atoms with Crippen molar-refractivity contribution in [2.24, 2.45) is 0 Å². The summed E-state index contributed by atoms with van der Waals surface area (Å²) >= 11 is 0. The zero-order valence-electron chi connectivity index (χ0n) is 10.5. The Balaban J connectivity index is 3.10. The predicted molar refractivity (Wildman–Crippen MR) is 66.5 cm³/mol. The molecule has 0 amide bonds. The van der Waals surface area contributed by atoms with Crippen LogP contribution in [0, 0.1) is 18.3 Å². The maximum atomic E-state index is 8.94. The fraction of sp³-hybridized carbons (Fsp3) is 0.538. The molecule has 0 aliphatic carbocycles. The number of hydrogen-bond donors (Lipinski definition) is 0. The number of aromatic nitrogens is 1. The fourth-order valence-corrected chi connectivity index (χ4v) is 1.78. The van der Waals surface area contributed by atoms with Gasteiger partial charge in [-0.25, -0.2) is 4.98 Å². The minimum absolute atomic E-state index is 0.450. The Kier molecular flexibility index (Phi) is 4.30. The van der Waals surface area contributed by atoms with Gasteiger partial charge in [0.05, 0.1) is 11.6 Å². The van der Waals surface area contributed by atoms with Crippen LogP contribution in [0.25, 0.3) is 0 Å². The van der Waals surface area contributed by atoms with E-state index >= 15 is 0 Å². The smallest absolute Gasteiger partial charge is 0.130 e. The largest absolute Gasteiger partial charge is 0.354 e. The van der Waals surface area contributed by atoms with Crippen LogP contribution < -0.4 is 4.90 Å². The molecule has 3 heteroatoms. The van der Waals surface area contributed by atoms with E-state index in [1.54, 1.807) is 0 Å². The molecule has 86 valence electrons. The van der Waals surface area contributed by atoms with Crippen molar-refractivity contribution in [1.82, 2.24) is 4.98 Å². The fourth-order valence-electron chi connectivity index (χ4n) is 1.78. The standard InChI is InChI=1S/C13H19N3/c1-5-11(4)16(6-2)13-8-12(9-14)7-10(3)15-13/h7-8,11H,5-6H2,1-4H3. The molecule has 1 heterocycles. The van der Waals surface area contributed by atoms with Crippen LogP contribution >= 0.6 is 0 Å². The second-order valence-electron chi connectivity index (χ2n) is 4.01. The highest BCUT2D eigenvalue weighted by Crippen LogP contribution is 2.18. The molecule has 0 aliphatic heterocycles. The Labute approximate surface area is 97.7 Å². The van der Waals surface area contributed by atoms with Crippen LogP contribution in [0.2, 0.25) is 0 Å². The highest BCUT2D eigenvalue weighted by atomic mass is 15.2. The number of hydrogen-bond acceptors (Lipinski definition) is 3. The molecule has 1 rings (SSSR count). The molecule has 0 aromatic carbocycles. The molecule has 0 N–H and O–H groups in total. The van der Waals surface area contributed by atoms with Crippen LogP contribution in [0.5, 0.6) is 0 Å². The number of aryl methyl sites for hydroxylation is 1. The maximum absolute atomic E-state index is 8.94. The van der Waals surface area contributed by atoms with Gasteiger partial charge >= 0.3 is 0 Å². The van der Waals surface area contributed by atoms with E-state index in [9.17, 15) is 0 Å². The second-order valence-corrected chi connectivity index (χ2v) is 4.01. The number of rotatable bonds is 4. The highest BCUT2D eigenvalue weighted by Gasteiger charge is 2.13. The van der Waals surface area contributed by atoms with Crippen molar-refractivity contribution in [2.75, 3.05) is 11.4 Å². The van der Waals surface area contributed by atoms with Gasteiger partial charge in [-0.05, 0) is 39.3 Å². The highest BCUT2D eigenvalue weighted by molar-refractivity contribution is 5.47. The van der Waals surface area contributed by atoms with E-state index in [0.29, 0.717) is 11.6 Å². The summed E-state index contributed by atoms with van der Waals surface area (Å²) in [6.45, 7) is 9.29. The van der Waals surface area contributed by atoms with Crippen molar-refractivity contribution in [3.8, 4) is 6.07 Å². The van der Waals surface area contributed by atoms with E-state index in [0.717, 1.165) is 24.5 Å². The van der Waals surface area contributed by atoms with Crippen molar-refractivity contribution >= 4 is 5.82 Å². The lowest BCUT2D eigenvalue weighted by molar-refractivity contribution is 0.622. The monoisotopic (exact) mass is 217 g/mol. The average molecular weight is 217 g/mol. The summed E-state index contributed by atoms with van der Waals surface area (Å²) in [6, 6.07) is 6.30. The quantitative estimate of drug-likeness (QED) is 0.778. The average Bonchev–Trinajstić information content (AvgIpc) is 2.29. The Morgan fingerprint density at radius 2 is 2.12 bits per heavy atom. The van der Waals surface area contributed by atoms with Gasteiger partial charge in [0, 0.05) is 18.3 Å². The minimum Gasteiger partial charge on any atom is -0.354 e. The molecule has 0 saturated heterocycles. The number of pyridine rings is 1. The molecule has 16 heavy (non-hydrogen) atoms. The van der Waals surface area contributed by atoms with E-state index in [1.807, 2.05) is 19.1 Å². The summed E-state index contributed by atoms with van der Waals surface area (Å²) in [6.07, 6.45) is 1.07. The van der Waals surface area contributed by atoms with Crippen molar-refractivity contribution in [3.63, 3.8) is 0 Å². The summed E-state index contributed by atoms with van der Waals surface area (Å²) in [5.41, 5.74) is 1.58. The minimum atomic E-state index is 0.450. The SMILES string of the molecule is CCC(C)N(CC)c1cc(C#N)cc(C)n1. The second kappa shape index (κ2) is 5.50. The molecule has 0 radical (unpaired) electrons. The Morgan fingerprint density at radius 3 is 2.62 bits per heavy atom. The third kappa shape index (κ3) is 2.73. The molecular weight excluding hydrogens is 198 g/mol. The molecular formula is C13H19N3. The zero-order valence-corrected chi connectivity index (χ0v) is 10.5. The van der Waals surface area contributed by atoms with Gasteiger partial charge < -0.3 is 4.90 Å². The molecule has 0 bridgehead atoms. The van der Waals surface area contributed by atoms with Crippen molar-refractivity contribution < 1.29 is 0 Å². The van der Waals surface area contributed by atoms with E-state index in [2.05, 4.69) is 36.7 Å². The lowest BCUT2D eigenvalue weighted by Crippen LogP contribution is -2.33.